The Kier molecular flexibility index (Phi) is 7.62. The zero-order valence-electron chi connectivity index (χ0n) is 21.0. The van der Waals surface area contributed by atoms with Gasteiger partial charge in [-0.1, -0.05) is 25.2 Å². The lowest BCUT2D eigenvalue weighted by Gasteiger charge is -2.31. The summed E-state index contributed by atoms with van der Waals surface area (Å²) in [7, 11) is 0. The molecule has 188 valence electrons. The number of nitrogens with zero attached hydrogens (tertiary/aromatic N) is 4. The second-order valence-electron chi connectivity index (χ2n) is 9.44. The van der Waals surface area contributed by atoms with Gasteiger partial charge in [0.05, 0.1) is 5.56 Å². The van der Waals surface area contributed by atoms with E-state index in [1.54, 1.807) is 25.4 Å². The maximum Gasteiger partial charge on any atom is 0.258 e. The number of rotatable bonds is 6. The number of ketones is 1. The number of carbonyl (C=O) groups excluding carboxylic acids is 3. The van der Waals surface area contributed by atoms with E-state index < -0.39 is 0 Å². The molecule has 0 aromatic carbocycles. The summed E-state index contributed by atoms with van der Waals surface area (Å²) in [6.45, 7) is 9.21. The quantitative estimate of drug-likeness (QED) is 0.486. The number of hydrogen-bond acceptors (Lipinski definition) is 6. The first-order valence-electron chi connectivity index (χ1n) is 12.5. The van der Waals surface area contributed by atoms with E-state index in [0.29, 0.717) is 37.1 Å². The van der Waals surface area contributed by atoms with Crippen molar-refractivity contribution in [3.8, 4) is 0 Å². The van der Waals surface area contributed by atoms with Gasteiger partial charge in [-0.15, -0.1) is 0 Å². The molecule has 4 rings (SSSR count). The molecule has 0 bridgehead atoms. The van der Waals surface area contributed by atoms with E-state index in [0.717, 1.165) is 54.9 Å². The van der Waals surface area contributed by atoms with Crippen molar-refractivity contribution in [3.05, 3.63) is 71.0 Å². The van der Waals surface area contributed by atoms with E-state index in [1.165, 1.54) is 4.57 Å². The highest BCUT2D eigenvalue weighted by atomic mass is 16.2. The minimum absolute atomic E-state index is 0.0382. The van der Waals surface area contributed by atoms with Crippen molar-refractivity contribution in [2.45, 2.75) is 52.4 Å². The average molecular weight is 488 g/mol. The van der Waals surface area contributed by atoms with Crippen LogP contribution >= 0.6 is 0 Å². The summed E-state index contributed by atoms with van der Waals surface area (Å²) in [6, 6.07) is 5.42. The number of aromatic nitrogens is 2. The maximum atomic E-state index is 13.3. The number of hydrogen-bond donors (Lipinski definition) is 1. The van der Waals surface area contributed by atoms with Crippen LogP contribution in [-0.4, -0.2) is 51.7 Å². The van der Waals surface area contributed by atoms with Crippen molar-refractivity contribution in [2.24, 2.45) is 0 Å². The zero-order valence-corrected chi connectivity index (χ0v) is 21.0. The summed E-state index contributed by atoms with van der Waals surface area (Å²) in [4.78, 5) is 45.7. The second kappa shape index (κ2) is 10.8. The number of fused-ring (bicyclic) bond motifs is 1. The number of nitrogens with one attached hydrogen (secondary N) is 1. The molecule has 1 N–H and O–H groups in total. The van der Waals surface area contributed by atoms with Gasteiger partial charge in [-0.05, 0) is 56.7 Å². The fourth-order valence-corrected chi connectivity index (χ4v) is 4.77. The normalized spacial score (nSPS) is 15.6. The highest BCUT2D eigenvalue weighted by molar-refractivity contribution is 5.95. The third-order valence-corrected chi connectivity index (χ3v) is 6.77. The molecule has 2 aromatic heterocycles. The van der Waals surface area contributed by atoms with E-state index >= 15 is 0 Å². The molecule has 2 aromatic rings. The highest BCUT2D eigenvalue weighted by Gasteiger charge is 2.24. The number of amides is 1. The molecule has 0 spiro atoms. The number of anilines is 2. The van der Waals surface area contributed by atoms with Crippen molar-refractivity contribution in [1.82, 2.24) is 14.5 Å². The van der Waals surface area contributed by atoms with Gasteiger partial charge in [0.2, 0.25) is 0 Å². The minimum atomic E-state index is -0.272. The predicted molar refractivity (Wildman–Crippen MR) is 138 cm³/mol. The molecule has 1 amide bonds. The smallest absolute Gasteiger partial charge is 0.258 e. The summed E-state index contributed by atoms with van der Waals surface area (Å²) in [5.41, 5.74) is 4.01. The van der Waals surface area contributed by atoms with Crippen LogP contribution in [-0.2, 0) is 11.2 Å². The van der Waals surface area contributed by atoms with E-state index in [-0.39, 0.29) is 23.1 Å². The summed E-state index contributed by atoms with van der Waals surface area (Å²) in [5.74, 6) is 0.615. The Morgan fingerprint density at radius 1 is 1.14 bits per heavy atom. The highest BCUT2D eigenvalue weighted by Crippen LogP contribution is 2.32. The van der Waals surface area contributed by atoms with Crippen LogP contribution < -0.4 is 10.4 Å². The number of allylic oxidation sites excluding steroid dienone is 1. The predicted octanol–water partition coefficient (Wildman–Crippen LogP) is 4.19. The van der Waals surface area contributed by atoms with E-state index in [4.69, 9.17) is 5.41 Å². The Labute approximate surface area is 211 Å². The molecule has 0 fully saturated rings. The molecule has 0 saturated carbocycles. The molecule has 0 aliphatic carbocycles. The van der Waals surface area contributed by atoms with Gasteiger partial charge < -0.3 is 9.80 Å². The standard InChI is InChI=1S/C28H33N5O3/c1-4-19(2)27(35)33-14-10-24(17-25(33)29)32-12-6-8-22-16-23(18-30-26(22)32)28(36)31-11-5-7-21(9-13-31)15-20(3)34/h7,10,14,16-18,29H,2,4-6,8-9,11-13,15H2,1,3H3. The molecule has 0 radical (unpaired) electrons. The van der Waals surface area contributed by atoms with Crippen LogP contribution in [0.3, 0.4) is 0 Å². The Hall–Kier alpha value is -3.81. The van der Waals surface area contributed by atoms with Gasteiger partial charge in [-0.2, -0.15) is 0 Å². The largest absolute Gasteiger partial charge is 0.338 e. The Morgan fingerprint density at radius 3 is 2.67 bits per heavy atom. The lowest BCUT2D eigenvalue weighted by molar-refractivity contribution is -0.116. The van der Waals surface area contributed by atoms with Crippen molar-refractivity contribution in [2.75, 3.05) is 24.5 Å². The minimum Gasteiger partial charge on any atom is -0.338 e. The summed E-state index contributed by atoms with van der Waals surface area (Å²) in [6.07, 6.45) is 9.50. The van der Waals surface area contributed by atoms with Crippen LogP contribution in [0.1, 0.15) is 66.7 Å². The molecule has 0 unspecified atom stereocenters. The molecule has 36 heavy (non-hydrogen) atoms. The van der Waals surface area contributed by atoms with Crippen molar-refractivity contribution < 1.29 is 14.4 Å². The van der Waals surface area contributed by atoms with Gasteiger partial charge in [-0.3, -0.25) is 24.4 Å². The van der Waals surface area contributed by atoms with Crippen LogP contribution in [0.4, 0.5) is 11.5 Å². The number of Topliss-reactive ketones (excluding diaryl/α,β-unsaturated/α-hetero) is 1. The molecular formula is C28H33N5O3. The lowest BCUT2D eigenvalue weighted by Crippen LogP contribution is -2.33. The molecule has 8 nitrogen and oxygen atoms in total. The monoisotopic (exact) mass is 487 g/mol. The van der Waals surface area contributed by atoms with Crippen molar-refractivity contribution in [1.29, 1.82) is 5.41 Å². The SMILES string of the molecule is C=C(CC)C(=O)n1ccc(N2CCCc3cc(C(=O)N4CCC=C(CC(C)=O)CC4)cnc32)cc1=N. The Bertz CT molecular complexity index is 1310. The van der Waals surface area contributed by atoms with Gasteiger partial charge in [0, 0.05) is 55.8 Å². The molecule has 8 heteroatoms. The number of carbonyl (C=O) groups is 3. The van der Waals surface area contributed by atoms with Crippen LogP contribution in [0.25, 0.3) is 0 Å². The van der Waals surface area contributed by atoms with Gasteiger partial charge in [0.25, 0.3) is 11.8 Å². The fraction of sp³-hybridized carbons (Fsp3) is 0.393. The van der Waals surface area contributed by atoms with Crippen molar-refractivity contribution >= 4 is 29.1 Å². The third-order valence-electron chi connectivity index (χ3n) is 6.77. The molecule has 0 saturated heterocycles. The van der Waals surface area contributed by atoms with E-state index in [9.17, 15) is 14.4 Å². The molecule has 2 aliphatic rings. The average Bonchev–Trinajstić information content (AvgIpc) is 3.11. The zero-order chi connectivity index (χ0) is 25.8. The van der Waals surface area contributed by atoms with Crippen LogP contribution in [0, 0.1) is 5.41 Å². The van der Waals surface area contributed by atoms with Crippen LogP contribution in [0.2, 0.25) is 0 Å². The summed E-state index contributed by atoms with van der Waals surface area (Å²) < 4.78 is 1.30. The summed E-state index contributed by atoms with van der Waals surface area (Å²) >= 11 is 0. The molecule has 0 atom stereocenters. The van der Waals surface area contributed by atoms with E-state index in [1.807, 2.05) is 28.9 Å². The maximum absolute atomic E-state index is 13.3. The topological polar surface area (TPSA) is 99.4 Å². The first kappa shape index (κ1) is 25.3. The van der Waals surface area contributed by atoms with Crippen LogP contribution in [0.5, 0.6) is 0 Å². The first-order valence-corrected chi connectivity index (χ1v) is 12.5. The van der Waals surface area contributed by atoms with Gasteiger partial charge in [-0.25, -0.2) is 4.98 Å². The molecular weight excluding hydrogens is 454 g/mol. The lowest BCUT2D eigenvalue weighted by atomic mass is 10.0. The Morgan fingerprint density at radius 2 is 1.94 bits per heavy atom. The van der Waals surface area contributed by atoms with Crippen LogP contribution in [0.15, 0.2) is 54.4 Å². The van der Waals surface area contributed by atoms with Gasteiger partial charge in [0.1, 0.15) is 17.1 Å². The second-order valence-corrected chi connectivity index (χ2v) is 9.44. The first-order chi connectivity index (χ1) is 17.3. The van der Waals surface area contributed by atoms with E-state index in [2.05, 4.69) is 17.6 Å². The summed E-state index contributed by atoms with van der Waals surface area (Å²) in [5, 5.41) is 8.37. The number of pyridine rings is 2. The third kappa shape index (κ3) is 5.37. The molecule has 4 heterocycles. The number of aryl methyl sites for hydroxylation is 1. The van der Waals surface area contributed by atoms with Gasteiger partial charge >= 0.3 is 0 Å². The molecule has 2 aliphatic heterocycles. The van der Waals surface area contributed by atoms with Gasteiger partial charge in [0.15, 0.2) is 0 Å². The Balaban J connectivity index is 1.53. The van der Waals surface area contributed by atoms with Crippen molar-refractivity contribution in [3.63, 3.8) is 0 Å². The fourth-order valence-electron chi connectivity index (χ4n) is 4.77.